The van der Waals surface area contributed by atoms with Gasteiger partial charge in [0.25, 0.3) is 11.8 Å². The Morgan fingerprint density at radius 2 is 1.89 bits per heavy atom. The molecule has 0 spiro atoms. The third-order valence-corrected chi connectivity index (χ3v) is 5.69. The maximum Gasteiger partial charge on any atom is 0.274 e. The number of amides is 2. The second-order valence-electron chi connectivity index (χ2n) is 8.40. The molecule has 0 aliphatic carbocycles. The monoisotopic (exact) mass is 480 g/mol. The molecule has 2 aromatic carbocycles. The molecule has 0 bridgehead atoms. The van der Waals surface area contributed by atoms with Gasteiger partial charge in [0.15, 0.2) is 11.5 Å². The van der Waals surface area contributed by atoms with Crippen molar-refractivity contribution < 1.29 is 18.4 Å². The second-order valence-corrected chi connectivity index (χ2v) is 8.40. The van der Waals surface area contributed by atoms with E-state index in [1.54, 1.807) is 24.3 Å². The van der Waals surface area contributed by atoms with E-state index in [1.807, 2.05) is 0 Å². The van der Waals surface area contributed by atoms with Crippen LogP contribution in [0.4, 0.5) is 14.6 Å². The zero-order chi connectivity index (χ0) is 24.8. The smallest absolute Gasteiger partial charge is 0.274 e. The summed E-state index contributed by atoms with van der Waals surface area (Å²) in [5.41, 5.74) is 7.51. The van der Waals surface area contributed by atoms with Gasteiger partial charge in [-0.05, 0) is 49.2 Å². The number of hydrogen-bond donors (Lipinski definition) is 4. The molecule has 8 nitrogen and oxygen atoms in total. The van der Waals surface area contributed by atoms with Crippen molar-refractivity contribution >= 4 is 17.6 Å². The predicted molar refractivity (Wildman–Crippen MR) is 127 cm³/mol. The van der Waals surface area contributed by atoms with Gasteiger partial charge < -0.3 is 21.7 Å². The maximum atomic E-state index is 13.4. The lowest BCUT2D eigenvalue weighted by Gasteiger charge is -2.16. The minimum atomic E-state index is -0.715. The van der Waals surface area contributed by atoms with Crippen LogP contribution in [0, 0.1) is 11.6 Å². The largest absolute Gasteiger partial charge is 0.382 e. The maximum absolute atomic E-state index is 13.4. The minimum Gasteiger partial charge on any atom is -0.382 e. The van der Waals surface area contributed by atoms with Crippen molar-refractivity contribution in [2.75, 3.05) is 18.8 Å². The van der Waals surface area contributed by atoms with E-state index in [2.05, 4.69) is 25.9 Å². The van der Waals surface area contributed by atoms with Crippen LogP contribution < -0.4 is 21.7 Å². The lowest BCUT2D eigenvalue weighted by molar-refractivity contribution is 0.0928. The number of hydrogen-bond acceptors (Lipinski definition) is 6. The molecule has 10 heteroatoms. The number of anilines is 1. The third-order valence-electron chi connectivity index (χ3n) is 5.69. The number of benzene rings is 2. The number of carbonyl (C=O) groups excluding carboxylic acids is 2. The Kier molecular flexibility index (Phi) is 7.61. The molecule has 1 aliphatic rings. The first-order chi connectivity index (χ1) is 16.9. The summed E-state index contributed by atoms with van der Waals surface area (Å²) >= 11 is 0. The van der Waals surface area contributed by atoms with Crippen LogP contribution in [-0.2, 0) is 6.54 Å². The minimum absolute atomic E-state index is 0.0176. The van der Waals surface area contributed by atoms with Crippen LogP contribution in [0.25, 0.3) is 11.3 Å². The van der Waals surface area contributed by atoms with Gasteiger partial charge in [0.1, 0.15) is 11.6 Å². The number of nitrogens with zero attached hydrogens (tertiary/aromatic N) is 2. The zero-order valence-corrected chi connectivity index (χ0v) is 19.0. The van der Waals surface area contributed by atoms with Crippen molar-refractivity contribution in [3.63, 3.8) is 0 Å². The second kappa shape index (κ2) is 11.0. The Morgan fingerprint density at radius 3 is 2.69 bits per heavy atom. The van der Waals surface area contributed by atoms with Gasteiger partial charge in [-0.2, -0.15) is 0 Å². The summed E-state index contributed by atoms with van der Waals surface area (Å²) in [6.45, 7) is 1.56. The summed E-state index contributed by atoms with van der Waals surface area (Å²) in [4.78, 5) is 34.0. The molecule has 1 aliphatic heterocycles. The van der Waals surface area contributed by atoms with Gasteiger partial charge in [0, 0.05) is 36.3 Å². The van der Waals surface area contributed by atoms with Gasteiger partial charge in [-0.1, -0.05) is 18.6 Å². The summed E-state index contributed by atoms with van der Waals surface area (Å²) in [6.07, 6.45) is 4.38. The molecule has 0 radical (unpaired) electrons. The summed E-state index contributed by atoms with van der Waals surface area (Å²) in [6, 6.07) is 9.65. The fraction of sp³-hybridized carbons (Fsp3) is 0.280. The Morgan fingerprint density at radius 1 is 1.09 bits per heavy atom. The van der Waals surface area contributed by atoms with Gasteiger partial charge in [-0.15, -0.1) is 0 Å². The van der Waals surface area contributed by atoms with E-state index in [-0.39, 0.29) is 24.1 Å². The lowest BCUT2D eigenvalue weighted by atomic mass is 10.1. The number of halogens is 2. The van der Waals surface area contributed by atoms with E-state index >= 15 is 0 Å². The molecule has 5 N–H and O–H groups in total. The molecular weight excluding hydrogens is 454 g/mol. The SMILES string of the molecule is Nc1ncc(-c2cccc(C(=O)NCc3cc(F)cc(F)c3)c2)nc1C(=O)N[C@H]1CCCCNC1. The molecule has 3 aromatic rings. The van der Waals surface area contributed by atoms with Gasteiger partial charge >= 0.3 is 0 Å². The molecule has 2 heterocycles. The number of rotatable bonds is 6. The number of nitrogen functional groups attached to an aromatic ring is 1. The molecule has 35 heavy (non-hydrogen) atoms. The van der Waals surface area contributed by atoms with E-state index < -0.39 is 23.4 Å². The first-order valence-corrected chi connectivity index (χ1v) is 11.4. The van der Waals surface area contributed by atoms with Gasteiger partial charge in [-0.25, -0.2) is 18.7 Å². The lowest BCUT2D eigenvalue weighted by Crippen LogP contribution is -2.41. The fourth-order valence-corrected chi connectivity index (χ4v) is 3.92. The summed E-state index contributed by atoms with van der Waals surface area (Å²) < 4.78 is 26.8. The van der Waals surface area contributed by atoms with E-state index in [0.29, 0.717) is 28.9 Å². The van der Waals surface area contributed by atoms with Crippen molar-refractivity contribution in [1.82, 2.24) is 25.9 Å². The van der Waals surface area contributed by atoms with Crippen LogP contribution in [0.1, 0.15) is 45.7 Å². The van der Waals surface area contributed by atoms with Crippen molar-refractivity contribution in [1.29, 1.82) is 0 Å². The highest BCUT2D eigenvalue weighted by atomic mass is 19.1. The van der Waals surface area contributed by atoms with Crippen molar-refractivity contribution in [3.05, 3.63) is 77.1 Å². The number of nitrogens with two attached hydrogens (primary N) is 1. The quantitative estimate of drug-likeness (QED) is 0.431. The molecular formula is C25H26F2N6O2. The molecule has 1 fully saturated rings. The Balaban J connectivity index is 1.48. The average molecular weight is 481 g/mol. The Bertz CT molecular complexity index is 1210. The molecule has 0 saturated carbocycles. The summed E-state index contributed by atoms with van der Waals surface area (Å²) in [7, 11) is 0. The molecule has 0 unspecified atom stereocenters. The van der Waals surface area contributed by atoms with Crippen LogP contribution in [-0.4, -0.2) is 40.9 Å². The van der Waals surface area contributed by atoms with E-state index in [9.17, 15) is 18.4 Å². The predicted octanol–water partition coefficient (Wildman–Crippen LogP) is 2.81. The van der Waals surface area contributed by atoms with E-state index in [0.717, 1.165) is 44.0 Å². The number of aromatic nitrogens is 2. The van der Waals surface area contributed by atoms with Crippen molar-refractivity contribution in [2.24, 2.45) is 0 Å². The van der Waals surface area contributed by atoms with Gasteiger partial charge in [-0.3, -0.25) is 9.59 Å². The standard InChI is InChI=1S/C25H26F2N6O2/c26-18-8-15(9-19(27)11-18)12-31-24(34)17-5-3-4-16(10-17)21-14-30-23(28)22(33-21)25(35)32-20-6-1-2-7-29-13-20/h3-5,8-11,14,20,29H,1-2,6-7,12-13H2,(H2,28,30)(H,31,34)(H,32,35)/t20-/m0/s1. The molecule has 1 aromatic heterocycles. The van der Waals surface area contributed by atoms with Gasteiger partial charge in [0.2, 0.25) is 0 Å². The van der Waals surface area contributed by atoms with Crippen LogP contribution >= 0.6 is 0 Å². The van der Waals surface area contributed by atoms with E-state index in [1.165, 1.54) is 6.20 Å². The highest BCUT2D eigenvalue weighted by molar-refractivity contribution is 5.97. The topological polar surface area (TPSA) is 122 Å². The van der Waals surface area contributed by atoms with Crippen LogP contribution in [0.3, 0.4) is 0 Å². The molecule has 4 rings (SSSR count). The Hall–Kier alpha value is -3.92. The highest BCUT2D eigenvalue weighted by Gasteiger charge is 2.20. The number of nitrogens with one attached hydrogen (secondary N) is 3. The summed E-state index contributed by atoms with van der Waals surface area (Å²) in [5, 5.41) is 8.89. The average Bonchev–Trinajstić information content (AvgIpc) is 3.11. The zero-order valence-electron chi connectivity index (χ0n) is 19.0. The molecule has 1 saturated heterocycles. The first-order valence-electron chi connectivity index (χ1n) is 11.4. The molecule has 1 atom stereocenters. The van der Waals surface area contributed by atoms with Crippen LogP contribution in [0.2, 0.25) is 0 Å². The van der Waals surface area contributed by atoms with Crippen LogP contribution in [0.15, 0.2) is 48.7 Å². The van der Waals surface area contributed by atoms with Crippen molar-refractivity contribution in [3.8, 4) is 11.3 Å². The normalized spacial score (nSPS) is 15.8. The van der Waals surface area contributed by atoms with Crippen molar-refractivity contribution in [2.45, 2.75) is 31.8 Å². The molecule has 182 valence electrons. The summed E-state index contributed by atoms with van der Waals surface area (Å²) in [5.74, 6) is -2.24. The number of carbonyl (C=O) groups is 2. The molecule has 2 amide bonds. The fourth-order valence-electron chi connectivity index (χ4n) is 3.92. The Labute approximate surface area is 201 Å². The first kappa shape index (κ1) is 24.2. The highest BCUT2D eigenvalue weighted by Crippen LogP contribution is 2.20. The van der Waals surface area contributed by atoms with E-state index in [4.69, 9.17) is 5.73 Å². The third kappa shape index (κ3) is 6.36. The van der Waals surface area contributed by atoms with Gasteiger partial charge in [0.05, 0.1) is 11.9 Å². The van der Waals surface area contributed by atoms with Crippen LogP contribution in [0.5, 0.6) is 0 Å².